The van der Waals surface area contributed by atoms with Gasteiger partial charge in [-0.3, -0.25) is 10.1 Å². The van der Waals surface area contributed by atoms with E-state index in [4.69, 9.17) is 11.6 Å². The van der Waals surface area contributed by atoms with Crippen LogP contribution in [0, 0.1) is 17.5 Å². The second-order valence-electron chi connectivity index (χ2n) is 5.39. The number of nitrogens with zero attached hydrogens (tertiary/aromatic N) is 1. The first kappa shape index (κ1) is 14.9. The van der Waals surface area contributed by atoms with Gasteiger partial charge in [0.25, 0.3) is 0 Å². The molecule has 3 aromatic carbocycles. The number of nitrogens with one attached hydrogen (secondary N) is 1. The van der Waals surface area contributed by atoms with Gasteiger partial charge in [0.05, 0.1) is 21.7 Å². The minimum absolute atomic E-state index is 0.165. The largest absolute Gasteiger partial charge is 0.292 e. The first-order valence-corrected chi connectivity index (χ1v) is 7.52. The summed E-state index contributed by atoms with van der Waals surface area (Å²) in [6.07, 6.45) is 0. The van der Waals surface area contributed by atoms with Gasteiger partial charge >= 0.3 is 0 Å². The van der Waals surface area contributed by atoms with Crippen molar-refractivity contribution in [3.63, 3.8) is 0 Å². The number of benzene rings is 3. The van der Waals surface area contributed by atoms with Crippen LogP contribution >= 0.6 is 11.6 Å². The Balaban J connectivity index is 2.00. The summed E-state index contributed by atoms with van der Waals surface area (Å²) < 4.78 is 42.2. The van der Waals surface area contributed by atoms with E-state index in [-0.39, 0.29) is 5.02 Å². The number of hydrogen-bond acceptors (Lipinski definition) is 1. The van der Waals surface area contributed by atoms with Gasteiger partial charge in [-0.05, 0) is 42.5 Å². The van der Waals surface area contributed by atoms with Gasteiger partial charge in [-0.25, -0.2) is 13.2 Å². The van der Waals surface area contributed by atoms with Gasteiger partial charge in [0.2, 0.25) is 0 Å². The van der Waals surface area contributed by atoms with Crippen molar-refractivity contribution in [3.8, 4) is 0 Å². The fraction of sp³-hybridized carbons (Fsp3) is 0. The van der Waals surface area contributed by atoms with E-state index in [2.05, 4.69) is 5.43 Å². The smallest absolute Gasteiger partial charge is 0.125 e. The molecule has 6 heteroatoms. The minimum Gasteiger partial charge on any atom is -0.292 e. The van der Waals surface area contributed by atoms with Crippen LogP contribution in [0.25, 0.3) is 21.8 Å². The Morgan fingerprint density at radius 3 is 1.75 bits per heavy atom. The minimum atomic E-state index is -0.468. The molecule has 0 aliphatic rings. The highest BCUT2D eigenvalue weighted by atomic mass is 35.5. The number of hydrogen-bond donors (Lipinski definition) is 1. The summed E-state index contributed by atoms with van der Waals surface area (Å²) in [6.45, 7) is 0. The lowest BCUT2D eigenvalue weighted by Crippen LogP contribution is -2.09. The maximum Gasteiger partial charge on any atom is 0.125 e. The van der Waals surface area contributed by atoms with Crippen LogP contribution in [0.1, 0.15) is 0 Å². The van der Waals surface area contributed by atoms with Gasteiger partial charge in [-0.1, -0.05) is 11.6 Å². The van der Waals surface area contributed by atoms with Gasteiger partial charge in [-0.15, -0.1) is 0 Å². The lowest BCUT2D eigenvalue weighted by atomic mass is 10.1. The second kappa shape index (κ2) is 5.46. The van der Waals surface area contributed by atoms with E-state index in [1.807, 2.05) is 0 Å². The molecule has 24 heavy (non-hydrogen) atoms. The van der Waals surface area contributed by atoms with Crippen molar-refractivity contribution in [3.05, 3.63) is 77.1 Å². The molecule has 2 nitrogen and oxygen atoms in total. The molecule has 0 spiro atoms. The zero-order chi connectivity index (χ0) is 16.8. The predicted octanol–water partition coefficient (Wildman–Crippen LogP) is 5.74. The van der Waals surface area contributed by atoms with Crippen molar-refractivity contribution in [2.75, 3.05) is 5.43 Å². The highest BCUT2D eigenvalue weighted by molar-refractivity contribution is 6.33. The molecule has 120 valence electrons. The number of fused-ring (bicyclic) bond motifs is 3. The molecular formula is C18H10ClF3N2. The Labute approximate surface area is 140 Å². The van der Waals surface area contributed by atoms with Crippen LogP contribution in [0.2, 0.25) is 5.02 Å². The lowest BCUT2D eigenvalue weighted by molar-refractivity contribution is 0.628. The summed E-state index contributed by atoms with van der Waals surface area (Å²) in [5, 5.41) is 1.69. The number of anilines is 1. The van der Waals surface area contributed by atoms with Crippen molar-refractivity contribution < 1.29 is 13.2 Å². The highest BCUT2D eigenvalue weighted by Crippen LogP contribution is 2.31. The number of halogens is 4. The normalized spacial score (nSPS) is 11.3. The zero-order valence-electron chi connectivity index (χ0n) is 12.2. The fourth-order valence-corrected chi connectivity index (χ4v) is 3.00. The molecule has 0 aliphatic heterocycles. The molecule has 0 saturated heterocycles. The van der Waals surface area contributed by atoms with E-state index in [9.17, 15) is 13.2 Å². The molecule has 0 amide bonds. The maximum atomic E-state index is 13.7. The summed E-state index contributed by atoms with van der Waals surface area (Å²) in [5.41, 5.74) is 4.47. The molecule has 1 N–H and O–H groups in total. The van der Waals surface area contributed by atoms with E-state index < -0.39 is 17.5 Å². The molecule has 0 unspecified atom stereocenters. The van der Waals surface area contributed by atoms with Crippen LogP contribution < -0.4 is 5.43 Å². The van der Waals surface area contributed by atoms with Gasteiger partial charge < -0.3 is 0 Å². The van der Waals surface area contributed by atoms with Crippen LogP contribution in [-0.4, -0.2) is 4.68 Å². The third kappa shape index (κ3) is 2.37. The Bertz CT molecular complexity index is 1030. The van der Waals surface area contributed by atoms with Crippen molar-refractivity contribution >= 4 is 39.1 Å². The lowest BCUT2D eigenvalue weighted by Gasteiger charge is -2.12. The maximum absolute atomic E-state index is 13.7. The Morgan fingerprint density at radius 1 is 0.708 bits per heavy atom. The van der Waals surface area contributed by atoms with E-state index in [1.54, 1.807) is 12.1 Å². The molecular weight excluding hydrogens is 337 g/mol. The second-order valence-corrected chi connectivity index (χ2v) is 5.80. The highest BCUT2D eigenvalue weighted by Gasteiger charge is 2.13. The van der Waals surface area contributed by atoms with Gasteiger partial charge in [-0.2, -0.15) is 0 Å². The molecule has 0 fully saturated rings. The van der Waals surface area contributed by atoms with Crippen molar-refractivity contribution in [1.82, 2.24) is 4.68 Å². The fourth-order valence-electron chi connectivity index (χ4n) is 2.79. The average Bonchev–Trinajstić information content (AvgIpc) is 2.82. The van der Waals surface area contributed by atoms with E-state index in [0.717, 1.165) is 10.8 Å². The third-order valence-corrected chi connectivity index (χ3v) is 4.17. The quantitative estimate of drug-likeness (QED) is 0.489. The first-order valence-electron chi connectivity index (χ1n) is 7.14. The number of aromatic nitrogens is 1. The van der Waals surface area contributed by atoms with Crippen molar-refractivity contribution in [1.29, 1.82) is 0 Å². The standard InChI is InChI=1S/C18H10ClF3N2/c19-15-7-10(20)3-6-16(15)23-24-17-8-11(21)1-4-13(17)14-5-2-12(22)9-18(14)24/h1-9,23H. The molecule has 1 heterocycles. The van der Waals surface area contributed by atoms with E-state index in [1.165, 1.54) is 47.1 Å². The van der Waals surface area contributed by atoms with Crippen molar-refractivity contribution in [2.24, 2.45) is 0 Å². The van der Waals surface area contributed by atoms with Crippen LogP contribution in [-0.2, 0) is 0 Å². The van der Waals surface area contributed by atoms with E-state index in [0.29, 0.717) is 16.7 Å². The van der Waals surface area contributed by atoms with Crippen LogP contribution in [0.15, 0.2) is 54.6 Å². The molecule has 1 aromatic heterocycles. The summed E-state index contributed by atoms with van der Waals surface area (Å²) >= 11 is 6.05. The molecule has 0 bridgehead atoms. The van der Waals surface area contributed by atoms with E-state index >= 15 is 0 Å². The Hall–Kier alpha value is -2.66. The summed E-state index contributed by atoms with van der Waals surface area (Å²) in [6, 6.07) is 12.5. The molecule has 0 saturated carbocycles. The Kier molecular flexibility index (Phi) is 3.39. The van der Waals surface area contributed by atoms with Gasteiger partial charge in [0.1, 0.15) is 17.5 Å². The van der Waals surface area contributed by atoms with Crippen LogP contribution in [0.4, 0.5) is 18.9 Å². The van der Waals surface area contributed by atoms with Gasteiger partial charge in [0, 0.05) is 22.9 Å². The SMILES string of the molecule is Fc1ccc(Nn2c3cc(F)ccc3c3ccc(F)cc32)c(Cl)c1. The molecule has 4 rings (SSSR count). The predicted molar refractivity (Wildman–Crippen MR) is 89.8 cm³/mol. The van der Waals surface area contributed by atoms with Crippen LogP contribution in [0.5, 0.6) is 0 Å². The Morgan fingerprint density at radius 2 is 1.21 bits per heavy atom. The molecule has 0 atom stereocenters. The summed E-state index contributed by atoms with van der Waals surface area (Å²) in [4.78, 5) is 0. The molecule has 4 aromatic rings. The summed E-state index contributed by atoms with van der Waals surface area (Å²) in [5.74, 6) is -1.30. The first-order chi connectivity index (χ1) is 11.5. The van der Waals surface area contributed by atoms with Crippen molar-refractivity contribution in [2.45, 2.75) is 0 Å². The average molecular weight is 347 g/mol. The monoisotopic (exact) mass is 346 g/mol. The number of rotatable bonds is 2. The van der Waals surface area contributed by atoms with Crippen LogP contribution in [0.3, 0.4) is 0 Å². The summed E-state index contributed by atoms with van der Waals surface area (Å²) in [7, 11) is 0. The zero-order valence-corrected chi connectivity index (χ0v) is 12.9. The van der Waals surface area contributed by atoms with Gasteiger partial charge in [0.15, 0.2) is 0 Å². The topological polar surface area (TPSA) is 17.0 Å². The molecule has 0 radical (unpaired) electrons. The third-order valence-electron chi connectivity index (χ3n) is 3.85. The molecule has 0 aliphatic carbocycles.